The normalized spacial score (nSPS) is 32.1. The molecule has 0 radical (unpaired) electrons. The fourth-order valence-electron chi connectivity index (χ4n) is 2.88. The van der Waals surface area contributed by atoms with Crippen LogP contribution in [-0.2, 0) is 0 Å². The zero-order valence-corrected chi connectivity index (χ0v) is 10.7. The summed E-state index contributed by atoms with van der Waals surface area (Å²) in [6.45, 7) is 6.95. The van der Waals surface area contributed by atoms with Crippen molar-refractivity contribution in [1.82, 2.24) is 5.32 Å². The molecule has 1 aliphatic rings. The Hall–Kier alpha value is -0.180. The number of halogens is 2. The van der Waals surface area contributed by atoms with Crippen molar-refractivity contribution in [2.45, 2.75) is 64.8 Å². The molecule has 1 saturated carbocycles. The molecule has 16 heavy (non-hydrogen) atoms. The molecule has 3 heteroatoms. The molecular formula is C13H25F2N. The summed E-state index contributed by atoms with van der Waals surface area (Å²) in [5, 5.41) is 3.05. The Kier molecular flexibility index (Phi) is 5.16. The molecule has 0 spiro atoms. The number of hydrogen-bond donors (Lipinski definition) is 1. The third-order valence-electron chi connectivity index (χ3n) is 4.05. The van der Waals surface area contributed by atoms with Gasteiger partial charge in [-0.2, -0.15) is 0 Å². The molecule has 0 heterocycles. The predicted octanol–water partition coefficient (Wildman–Crippen LogP) is 3.84. The molecule has 0 aromatic rings. The van der Waals surface area contributed by atoms with Crippen LogP contribution in [-0.4, -0.2) is 18.5 Å². The van der Waals surface area contributed by atoms with Gasteiger partial charge in [-0.3, -0.25) is 0 Å². The Bertz CT molecular complexity index is 206. The quantitative estimate of drug-likeness (QED) is 0.728. The molecule has 1 rings (SSSR count). The maximum absolute atomic E-state index is 13.2. The van der Waals surface area contributed by atoms with Crippen LogP contribution in [0.15, 0.2) is 0 Å². The lowest BCUT2D eigenvalue weighted by molar-refractivity contribution is 0.0199. The van der Waals surface area contributed by atoms with Gasteiger partial charge in [0.05, 0.1) is 5.54 Å². The Morgan fingerprint density at radius 2 is 1.94 bits per heavy atom. The van der Waals surface area contributed by atoms with E-state index in [0.29, 0.717) is 31.2 Å². The van der Waals surface area contributed by atoms with Crippen LogP contribution >= 0.6 is 0 Å². The van der Waals surface area contributed by atoms with Crippen LogP contribution in [0.5, 0.6) is 0 Å². The van der Waals surface area contributed by atoms with Gasteiger partial charge in [0.15, 0.2) is 0 Å². The van der Waals surface area contributed by atoms with Crippen LogP contribution in [0.2, 0.25) is 0 Å². The summed E-state index contributed by atoms with van der Waals surface area (Å²) in [5.41, 5.74) is -0.904. The van der Waals surface area contributed by atoms with Gasteiger partial charge in [0.1, 0.15) is 0 Å². The van der Waals surface area contributed by atoms with Gasteiger partial charge in [-0.25, -0.2) is 8.78 Å². The SMILES string of the molecule is CCNC1(C(F)F)CCCC(C(C)C)CC1. The van der Waals surface area contributed by atoms with Crippen LogP contribution in [0.3, 0.4) is 0 Å². The summed E-state index contributed by atoms with van der Waals surface area (Å²) in [6.07, 6.45) is 1.99. The van der Waals surface area contributed by atoms with Gasteiger partial charge < -0.3 is 5.32 Å². The highest BCUT2D eigenvalue weighted by Gasteiger charge is 2.40. The van der Waals surface area contributed by atoms with Gasteiger partial charge >= 0.3 is 0 Å². The fourth-order valence-corrected chi connectivity index (χ4v) is 2.88. The van der Waals surface area contributed by atoms with Gasteiger partial charge in [-0.15, -0.1) is 0 Å². The van der Waals surface area contributed by atoms with Crippen molar-refractivity contribution >= 4 is 0 Å². The first-order chi connectivity index (χ1) is 7.52. The van der Waals surface area contributed by atoms with E-state index < -0.39 is 12.0 Å². The highest BCUT2D eigenvalue weighted by molar-refractivity contribution is 4.93. The van der Waals surface area contributed by atoms with Crippen molar-refractivity contribution in [2.75, 3.05) is 6.54 Å². The maximum atomic E-state index is 13.2. The number of rotatable bonds is 4. The number of hydrogen-bond acceptors (Lipinski definition) is 1. The highest BCUT2D eigenvalue weighted by atomic mass is 19.3. The summed E-state index contributed by atoms with van der Waals surface area (Å²) >= 11 is 0. The van der Waals surface area contributed by atoms with Crippen molar-refractivity contribution < 1.29 is 8.78 Å². The van der Waals surface area contributed by atoms with Gasteiger partial charge in [0, 0.05) is 0 Å². The first-order valence-electron chi connectivity index (χ1n) is 6.55. The Morgan fingerprint density at radius 1 is 1.25 bits per heavy atom. The molecule has 1 aliphatic carbocycles. The number of alkyl halides is 2. The van der Waals surface area contributed by atoms with E-state index in [1.165, 1.54) is 0 Å². The average Bonchev–Trinajstić information content (AvgIpc) is 2.42. The van der Waals surface area contributed by atoms with Gasteiger partial charge in [0.25, 0.3) is 6.43 Å². The third-order valence-corrected chi connectivity index (χ3v) is 4.05. The van der Waals surface area contributed by atoms with Crippen LogP contribution in [0.1, 0.15) is 52.9 Å². The van der Waals surface area contributed by atoms with E-state index in [2.05, 4.69) is 19.2 Å². The van der Waals surface area contributed by atoms with E-state index in [0.717, 1.165) is 19.3 Å². The minimum Gasteiger partial charge on any atom is -0.307 e. The molecule has 0 aromatic carbocycles. The highest BCUT2D eigenvalue weighted by Crippen LogP contribution is 2.37. The summed E-state index contributed by atoms with van der Waals surface area (Å²) in [6, 6.07) is 0. The van der Waals surface area contributed by atoms with E-state index in [1.54, 1.807) is 0 Å². The molecular weight excluding hydrogens is 208 g/mol. The lowest BCUT2D eigenvalue weighted by Gasteiger charge is -2.33. The van der Waals surface area contributed by atoms with E-state index in [-0.39, 0.29) is 0 Å². The first kappa shape index (κ1) is 13.9. The van der Waals surface area contributed by atoms with Crippen molar-refractivity contribution in [3.63, 3.8) is 0 Å². The van der Waals surface area contributed by atoms with Crippen LogP contribution in [0, 0.1) is 11.8 Å². The lowest BCUT2D eigenvalue weighted by Crippen LogP contribution is -2.50. The van der Waals surface area contributed by atoms with Gasteiger partial charge in [0.2, 0.25) is 0 Å². The average molecular weight is 233 g/mol. The van der Waals surface area contributed by atoms with Crippen molar-refractivity contribution in [3.8, 4) is 0 Å². The van der Waals surface area contributed by atoms with Gasteiger partial charge in [-0.1, -0.05) is 33.6 Å². The molecule has 0 aromatic heterocycles. The minimum atomic E-state index is -2.24. The Balaban J connectivity index is 2.67. The summed E-state index contributed by atoms with van der Waals surface area (Å²) in [5.74, 6) is 1.24. The second kappa shape index (κ2) is 5.95. The van der Waals surface area contributed by atoms with E-state index in [4.69, 9.17) is 0 Å². The summed E-state index contributed by atoms with van der Waals surface area (Å²) in [7, 11) is 0. The van der Waals surface area contributed by atoms with Crippen molar-refractivity contribution in [3.05, 3.63) is 0 Å². The van der Waals surface area contributed by atoms with Crippen LogP contribution in [0.4, 0.5) is 8.78 Å². The predicted molar refractivity (Wildman–Crippen MR) is 63.8 cm³/mol. The van der Waals surface area contributed by atoms with E-state index in [1.807, 2.05) is 6.92 Å². The monoisotopic (exact) mass is 233 g/mol. The standard InChI is InChI=1S/C13H25F2N/c1-4-16-13(12(14)15)8-5-6-11(7-9-13)10(2)3/h10-12,16H,4-9H2,1-3H3. The molecule has 1 fully saturated rings. The molecule has 1 N–H and O–H groups in total. The van der Waals surface area contributed by atoms with Crippen LogP contribution < -0.4 is 5.32 Å². The summed E-state index contributed by atoms with van der Waals surface area (Å²) < 4.78 is 26.4. The molecule has 2 atom stereocenters. The zero-order chi connectivity index (χ0) is 12.2. The van der Waals surface area contributed by atoms with Crippen molar-refractivity contribution in [2.24, 2.45) is 11.8 Å². The Labute approximate surface area is 98.0 Å². The van der Waals surface area contributed by atoms with Crippen molar-refractivity contribution in [1.29, 1.82) is 0 Å². The molecule has 0 aliphatic heterocycles. The smallest absolute Gasteiger partial charge is 0.256 e. The largest absolute Gasteiger partial charge is 0.307 e. The maximum Gasteiger partial charge on any atom is 0.256 e. The van der Waals surface area contributed by atoms with Gasteiger partial charge in [-0.05, 0) is 37.6 Å². The van der Waals surface area contributed by atoms with Crippen LogP contribution in [0.25, 0.3) is 0 Å². The van der Waals surface area contributed by atoms with E-state index >= 15 is 0 Å². The molecule has 96 valence electrons. The number of nitrogens with one attached hydrogen (secondary N) is 1. The second-order valence-electron chi connectivity index (χ2n) is 5.42. The third kappa shape index (κ3) is 3.16. The fraction of sp³-hybridized carbons (Fsp3) is 1.00. The first-order valence-corrected chi connectivity index (χ1v) is 6.55. The summed E-state index contributed by atoms with van der Waals surface area (Å²) in [4.78, 5) is 0. The zero-order valence-electron chi connectivity index (χ0n) is 10.7. The molecule has 1 nitrogen and oxygen atoms in total. The lowest BCUT2D eigenvalue weighted by atomic mass is 9.86. The molecule has 0 amide bonds. The topological polar surface area (TPSA) is 12.0 Å². The Morgan fingerprint density at radius 3 is 2.44 bits per heavy atom. The second-order valence-corrected chi connectivity index (χ2v) is 5.42. The minimum absolute atomic E-state index is 0.620. The molecule has 2 unspecified atom stereocenters. The molecule has 0 saturated heterocycles. The molecule has 0 bridgehead atoms. The van der Waals surface area contributed by atoms with E-state index in [9.17, 15) is 8.78 Å².